The first-order valence-electron chi connectivity index (χ1n) is 7.57. The summed E-state index contributed by atoms with van der Waals surface area (Å²) in [6.45, 7) is 0. The molecule has 1 saturated carbocycles. The fourth-order valence-electron chi connectivity index (χ4n) is 3.53. The topological polar surface area (TPSA) is 48.1 Å². The molecule has 1 fully saturated rings. The molecule has 1 aromatic heterocycles. The van der Waals surface area contributed by atoms with Gasteiger partial charge in [0.1, 0.15) is 11.1 Å². The maximum absolute atomic E-state index is 6.21. The van der Waals surface area contributed by atoms with Crippen LogP contribution in [0.25, 0.3) is 0 Å². The molecular formula is C15H24N2OS. The molecule has 2 N–H and O–H groups in total. The molecule has 0 bridgehead atoms. The molecule has 0 saturated heterocycles. The van der Waals surface area contributed by atoms with Gasteiger partial charge in [0.25, 0.3) is 0 Å². The number of hydrogen-bond donors (Lipinski definition) is 1. The van der Waals surface area contributed by atoms with Crippen LogP contribution < -0.4 is 5.73 Å². The van der Waals surface area contributed by atoms with Crippen LogP contribution in [0.2, 0.25) is 0 Å². The molecular weight excluding hydrogens is 256 g/mol. The van der Waals surface area contributed by atoms with Gasteiger partial charge in [0.15, 0.2) is 0 Å². The normalized spacial score (nSPS) is 26.1. The van der Waals surface area contributed by atoms with Gasteiger partial charge < -0.3 is 10.5 Å². The van der Waals surface area contributed by atoms with Gasteiger partial charge in [-0.25, -0.2) is 4.98 Å². The van der Waals surface area contributed by atoms with Gasteiger partial charge in [-0.2, -0.15) is 0 Å². The van der Waals surface area contributed by atoms with Crippen LogP contribution in [-0.2, 0) is 11.2 Å². The third kappa shape index (κ3) is 2.71. The third-order valence-corrected chi connectivity index (χ3v) is 5.88. The maximum Gasteiger partial charge on any atom is 0.122 e. The Morgan fingerprint density at radius 2 is 2.00 bits per heavy atom. The first kappa shape index (κ1) is 13.5. The van der Waals surface area contributed by atoms with Crippen molar-refractivity contribution in [1.29, 1.82) is 0 Å². The monoisotopic (exact) mass is 280 g/mol. The molecule has 0 aromatic carbocycles. The Hall–Kier alpha value is -0.450. The first-order valence-corrected chi connectivity index (χ1v) is 8.39. The number of methoxy groups -OCH3 is 1. The fourth-order valence-corrected chi connectivity index (χ4v) is 4.85. The van der Waals surface area contributed by atoms with Crippen molar-refractivity contribution in [3.63, 3.8) is 0 Å². The van der Waals surface area contributed by atoms with Gasteiger partial charge in [-0.05, 0) is 38.0 Å². The Balaban J connectivity index is 1.83. The molecule has 3 nitrogen and oxygen atoms in total. The van der Waals surface area contributed by atoms with Crippen molar-refractivity contribution in [2.45, 2.75) is 63.5 Å². The van der Waals surface area contributed by atoms with Gasteiger partial charge in [0, 0.05) is 18.0 Å². The lowest BCUT2D eigenvalue weighted by Gasteiger charge is -2.27. The summed E-state index contributed by atoms with van der Waals surface area (Å²) in [4.78, 5) is 6.18. The second-order valence-corrected chi connectivity index (χ2v) is 6.98. The van der Waals surface area contributed by atoms with Crippen LogP contribution in [0.1, 0.15) is 72.7 Å². The predicted octanol–water partition coefficient (Wildman–Crippen LogP) is 3.75. The van der Waals surface area contributed by atoms with Crippen LogP contribution in [0.15, 0.2) is 0 Å². The SMILES string of the molecule is COC(c1nc2c(s1)C(N)CCC2)C1CCCCC1. The quantitative estimate of drug-likeness (QED) is 0.917. The Morgan fingerprint density at radius 3 is 2.68 bits per heavy atom. The zero-order valence-electron chi connectivity index (χ0n) is 11.7. The molecule has 2 aliphatic rings. The maximum atomic E-state index is 6.21. The van der Waals surface area contributed by atoms with E-state index in [1.54, 1.807) is 0 Å². The number of nitrogens with two attached hydrogens (primary N) is 1. The van der Waals surface area contributed by atoms with E-state index in [0.717, 1.165) is 12.8 Å². The summed E-state index contributed by atoms with van der Waals surface area (Å²) in [5.41, 5.74) is 7.46. The highest BCUT2D eigenvalue weighted by Crippen LogP contribution is 2.41. The smallest absolute Gasteiger partial charge is 0.122 e. The molecule has 2 unspecified atom stereocenters. The average molecular weight is 280 g/mol. The summed E-state index contributed by atoms with van der Waals surface area (Å²) in [6.07, 6.45) is 10.2. The fraction of sp³-hybridized carbons (Fsp3) is 0.800. The van der Waals surface area contributed by atoms with Crippen LogP contribution >= 0.6 is 11.3 Å². The molecule has 0 spiro atoms. The molecule has 3 rings (SSSR count). The number of aryl methyl sites for hydroxylation is 1. The van der Waals surface area contributed by atoms with Gasteiger partial charge in [-0.1, -0.05) is 19.3 Å². The van der Waals surface area contributed by atoms with E-state index < -0.39 is 0 Å². The summed E-state index contributed by atoms with van der Waals surface area (Å²) in [5.74, 6) is 0.655. The highest BCUT2D eigenvalue weighted by atomic mass is 32.1. The number of nitrogens with zero attached hydrogens (tertiary/aromatic N) is 1. The number of hydrogen-bond acceptors (Lipinski definition) is 4. The molecule has 0 radical (unpaired) electrons. The second kappa shape index (κ2) is 5.90. The minimum absolute atomic E-state index is 0.197. The molecule has 2 aliphatic carbocycles. The average Bonchev–Trinajstić information content (AvgIpc) is 2.86. The predicted molar refractivity (Wildman–Crippen MR) is 78.3 cm³/mol. The Morgan fingerprint density at radius 1 is 1.21 bits per heavy atom. The number of fused-ring (bicyclic) bond motifs is 1. The lowest BCUT2D eigenvalue weighted by Crippen LogP contribution is -2.17. The first-order chi connectivity index (χ1) is 9.29. The summed E-state index contributed by atoms with van der Waals surface area (Å²) in [5, 5.41) is 1.18. The van der Waals surface area contributed by atoms with E-state index in [9.17, 15) is 0 Å². The molecule has 19 heavy (non-hydrogen) atoms. The lowest BCUT2D eigenvalue weighted by molar-refractivity contribution is 0.0351. The van der Waals surface area contributed by atoms with E-state index in [0.29, 0.717) is 5.92 Å². The summed E-state index contributed by atoms with van der Waals surface area (Å²) in [6, 6.07) is 0.207. The molecule has 106 valence electrons. The number of rotatable bonds is 3. The minimum Gasteiger partial charge on any atom is -0.374 e. The minimum atomic E-state index is 0.197. The van der Waals surface area contributed by atoms with Crippen LogP contribution in [-0.4, -0.2) is 12.1 Å². The van der Waals surface area contributed by atoms with Crippen molar-refractivity contribution >= 4 is 11.3 Å². The largest absolute Gasteiger partial charge is 0.374 e. The Kier molecular flexibility index (Phi) is 4.20. The summed E-state index contributed by atoms with van der Waals surface area (Å²) >= 11 is 1.81. The summed E-state index contributed by atoms with van der Waals surface area (Å²) in [7, 11) is 1.83. The van der Waals surface area contributed by atoms with Crippen molar-refractivity contribution in [3.05, 3.63) is 15.6 Å². The Labute approximate surface area is 119 Å². The number of aromatic nitrogens is 1. The summed E-state index contributed by atoms with van der Waals surface area (Å²) < 4.78 is 5.80. The third-order valence-electron chi connectivity index (χ3n) is 4.58. The van der Waals surface area contributed by atoms with Crippen molar-refractivity contribution in [2.75, 3.05) is 7.11 Å². The van der Waals surface area contributed by atoms with E-state index in [1.165, 1.54) is 54.1 Å². The van der Waals surface area contributed by atoms with E-state index in [-0.39, 0.29) is 12.1 Å². The molecule has 1 heterocycles. The van der Waals surface area contributed by atoms with Crippen molar-refractivity contribution in [2.24, 2.45) is 11.7 Å². The van der Waals surface area contributed by atoms with E-state index in [1.807, 2.05) is 18.4 Å². The highest BCUT2D eigenvalue weighted by Gasteiger charge is 2.30. The Bertz CT molecular complexity index is 426. The molecule has 1 aromatic rings. The van der Waals surface area contributed by atoms with Crippen molar-refractivity contribution in [1.82, 2.24) is 4.98 Å². The molecule has 4 heteroatoms. The van der Waals surface area contributed by atoms with E-state index in [2.05, 4.69) is 0 Å². The van der Waals surface area contributed by atoms with Crippen LogP contribution in [0.5, 0.6) is 0 Å². The van der Waals surface area contributed by atoms with Gasteiger partial charge in [0.2, 0.25) is 0 Å². The van der Waals surface area contributed by atoms with Crippen LogP contribution in [0.3, 0.4) is 0 Å². The van der Waals surface area contributed by atoms with Crippen molar-refractivity contribution < 1.29 is 4.74 Å². The van der Waals surface area contributed by atoms with Gasteiger partial charge >= 0.3 is 0 Å². The lowest BCUT2D eigenvalue weighted by atomic mass is 9.85. The van der Waals surface area contributed by atoms with Gasteiger partial charge in [-0.15, -0.1) is 11.3 Å². The van der Waals surface area contributed by atoms with Crippen molar-refractivity contribution in [3.8, 4) is 0 Å². The van der Waals surface area contributed by atoms with Crippen LogP contribution in [0, 0.1) is 5.92 Å². The zero-order valence-corrected chi connectivity index (χ0v) is 12.5. The number of thiazole rings is 1. The van der Waals surface area contributed by atoms with Gasteiger partial charge in [0.05, 0.1) is 5.69 Å². The van der Waals surface area contributed by atoms with E-state index >= 15 is 0 Å². The van der Waals surface area contributed by atoms with Gasteiger partial charge in [-0.3, -0.25) is 0 Å². The number of ether oxygens (including phenoxy) is 1. The highest BCUT2D eigenvalue weighted by molar-refractivity contribution is 7.11. The van der Waals surface area contributed by atoms with Crippen LogP contribution in [0.4, 0.5) is 0 Å². The molecule has 0 amide bonds. The zero-order chi connectivity index (χ0) is 13.2. The van der Waals surface area contributed by atoms with E-state index in [4.69, 9.17) is 15.5 Å². The second-order valence-electron chi connectivity index (χ2n) is 5.92. The molecule has 2 atom stereocenters. The standard InChI is InChI=1S/C15H24N2OS/c1-18-13(10-6-3-2-4-7-10)15-17-12-9-5-8-11(16)14(12)19-15/h10-11,13H,2-9,16H2,1H3. The molecule has 0 aliphatic heterocycles.